The Morgan fingerprint density at radius 2 is 2.26 bits per heavy atom. The van der Waals surface area contributed by atoms with Gasteiger partial charge in [0.05, 0.1) is 25.4 Å². The van der Waals surface area contributed by atoms with E-state index in [0.717, 1.165) is 10.9 Å². The third kappa shape index (κ3) is 3.62. The van der Waals surface area contributed by atoms with Crippen molar-refractivity contribution in [1.29, 1.82) is 0 Å². The standard InChI is InChI=1S/C16H16F3N5O2S/c17-16(18,19)13-7-14(24-15(22-13)20-9-21-24)23-3-4-26-8-10(23)6-11(25)12-2-1-5-27-12/h1-2,5,7,9-11,25H,3-4,6,8H2. The maximum atomic E-state index is 13.3. The summed E-state index contributed by atoms with van der Waals surface area (Å²) in [5, 5.41) is 16.4. The number of hydrogen-bond donors (Lipinski definition) is 1. The zero-order valence-electron chi connectivity index (χ0n) is 14.0. The molecule has 3 aromatic rings. The van der Waals surface area contributed by atoms with Crippen molar-refractivity contribution in [2.45, 2.75) is 24.7 Å². The van der Waals surface area contributed by atoms with Crippen LogP contribution in [0.4, 0.5) is 19.0 Å². The predicted molar refractivity (Wildman–Crippen MR) is 91.6 cm³/mol. The molecular formula is C16H16F3N5O2S. The molecule has 1 saturated heterocycles. The molecule has 2 atom stereocenters. The topological polar surface area (TPSA) is 75.8 Å². The molecule has 0 spiro atoms. The number of rotatable bonds is 4. The lowest BCUT2D eigenvalue weighted by Crippen LogP contribution is -2.47. The number of alkyl halides is 3. The summed E-state index contributed by atoms with van der Waals surface area (Å²) >= 11 is 1.43. The third-order valence-electron chi connectivity index (χ3n) is 4.41. The highest BCUT2D eigenvalue weighted by Crippen LogP contribution is 2.33. The molecule has 1 N–H and O–H groups in total. The lowest BCUT2D eigenvalue weighted by molar-refractivity contribution is -0.141. The van der Waals surface area contributed by atoms with Gasteiger partial charge in [0.1, 0.15) is 12.1 Å². The van der Waals surface area contributed by atoms with Crippen molar-refractivity contribution in [1.82, 2.24) is 19.6 Å². The molecule has 27 heavy (non-hydrogen) atoms. The van der Waals surface area contributed by atoms with Gasteiger partial charge in [0.25, 0.3) is 5.78 Å². The van der Waals surface area contributed by atoms with Crippen LogP contribution in [0.5, 0.6) is 0 Å². The Hall–Kier alpha value is -2.24. The Morgan fingerprint density at radius 3 is 3.00 bits per heavy atom. The fourth-order valence-electron chi connectivity index (χ4n) is 3.15. The maximum absolute atomic E-state index is 13.3. The Labute approximate surface area is 156 Å². The lowest BCUT2D eigenvalue weighted by Gasteiger charge is -2.38. The Balaban J connectivity index is 1.70. The molecule has 0 bridgehead atoms. The van der Waals surface area contributed by atoms with Crippen LogP contribution in [-0.4, -0.2) is 50.5 Å². The molecule has 144 valence electrons. The Kier molecular flexibility index (Phi) is 4.74. The van der Waals surface area contributed by atoms with Crippen LogP contribution in [0.25, 0.3) is 5.78 Å². The van der Waals surface area contributed by atoms with E-state index in [1.54, 1.807) is 4.90 Å². The molecule has 1 aliphatic heterocycles. The number of ether oxygens (including phenoxy) is 1. The highest BCUT2D eigenvalue weighted by molar-refractivity contribution is 7.10. The first-order chi connectivity index (χ1) is 12.9. The number of anilines is 1. The Bertz CT molecular complexity index is 915. The molecule has 11 heteroatoms. The average Bonchev–Trinajstić information content (AvgIpc) is 3.32. The quantitative estimate of drug-likeness (QED) is 0.727. The Morgan fingerprint density at radius 1 is 1.41 bits per heavy atom. The molecule has 0 radical (unpaired) electrons. The molecule has 7 nitrogen and oxygen atoms in total. The minimum atomic E-state index is -4.60. The van der Waals surface area contributed by atoms with Gasteiger partial charge >= 0.3 is 6.18 Å². The van der Waals surface area contributed by atoms with Crippen LogP contribution in [0.2, 0.25) is 0 Å². The summed E-state index contributed by atoms with van der Waals surface area (Å²) in [5.74, 6) is 0.111. The van der Waals surface area contributed by atoms with Crippen molar-refractivity contribution in [3.05, 3.63) is 40.5 Å². The molecule has 1 fully saturated rings. The SMILES string of the molecule is OC(CC1COCCN1c1cc(C(F)(F)F)nc2ncnn12)c1cccs1. The largest absolute Gasteiger partial charge is 0.433 e. The summed E-state index contributed by atoms with van der Waals surface area (Å²) in [6, 6.07) is 4.33. The number of thiophene rings is 1. The number of morpholine rings is 1. The van der Waals surface area contributed by atoms with E-state index < -0.39 is 18.0 Å². The molecule has 4 heterocycles. The van der Waals surface area contributed by atoms with Crippen molar-refractivity contribution in [3.8, 4) is 0 Å². The minimum absolute atomic E-state index is 0.121. The van der Waals surface area contributed by atoms with Crippen LogP contribution in [0.15, 0.2) is 29.9 Å². The van der Waals surface area contributed by atoms with Crippen molar-refractivity contribution < 1.29 is 23.0 Å². The van der Waals surface area contributed by atoms with Gasteiger partial charge in [-0.25, -0.2) is 4.98 Å². The first kappa shape index (κ1) is 18.1. The van der Waals surface area contributed by atoms with Gasteiger partial charge in [0.15, 0.2) is 5.69 Å². The second kappa shape index (κ2) is 7.06. The normalized spacial score (nSPS) is 19.6. The number of nitrogens with zero attached hydrogens (tertiary/aromatic N) is 5. The summed E-state index contributed by atoms with van der Waals surface area (Å²) in [5.41, 5.74) is -1.03. The number of fused-ring (bicyclic) bond motifs is 1. The van der Waals surface area contributed by atoms with Crippen LogP contribution >= 0.6 is 11.3 Å². The van der Waals surface area contributed by atoms with Crippen molar-refractivity contribution in [2.24, 2.45) is 0 Å². The molecule has 0 saturated carbocycles. The fourth-order valence-corrected chi connectivity index (χ4v) is 3.88. The van der Waals surface area contributed by atoms with Gasteiger partial charge in [-0.05, 0) is 11.4 Å². The van der Waals surface area contributed by atoms with Crippen LogP contribution < -0.4 is 4.90 Å². The van der Waals surface area contributed by atoms with Gasteiger partial charge < -0.3 is 14.7 Å². The van der Waals surface area contributed by atoms with Crippen molar-refractivity contribution in [2.75, 3.05) is 24.7 Å². The van der Waals surface area contributed by atoms with Gasteiger partial charge in [0.2, 0.25) is 0 Å². The number of halogens is 3. The summed E-state index contributed by atoms with van der Waals surface area (Å²) < 4.78 is 46.6. The first-order valence-corrected chi connectivity index (χ1v) is 9.15. The van der Waals surface area contributed by atoms with E-state index in [1.807, 2.05) is 17.5 Å². The molecule has 3 aromatic heterocycles. The summed E-state index contributed by atoms with van der Waals surface area (Å²) in [6.07, 6.45) is -3.84. The van der Waals surface area contributed by atoms with Crippen LogP contribution in [-0.2, 0) is 10.9 Å². The van der Waals surface area contributed by atoms with Crippen LogP contribution in [0.1, 0.15) is 23.1 Å². The van der Waals surface area contributed by atoms with Crippen LogP contribution in [0.3, 0.4) is 0 Å². The molecular weight excluding hydrogens is 383 g/mol. The number of aliphatic hydroxyl groups excluding tert-OH is 1. The molecule has 0 amide bonds. The molecule has 2 unspecified atom stereocenters. The van der Waals surface area contributed by atoms with Gasteiger partial charge in [-0.3, -0.25) is 0 Å². The second-order valence-electron chi connectivity index (χ2n) is 6.16. The predicted octanol–water partition coefficient (Wildman–Crippen LogP) is 2.53. The lowest BCUT2D eigenvalue weighted by atomic mass is 10.1. The molecule has 1 aliphatic rings. The zero-order chi connectivity index (χ0) is 19.0. The van der Waals surface area contributed by atoms with Crippen LogP contribution in [0, 0.1) is 0 Å². The van der Waals surface area contributed by atoms with E-state index in [1.165, 1.54) is 22.2 Å². The average molecular weight is 399 g/mol. The van der Waals surface area contributed by atoms with Crippen molar-refractivity contribution >= 4 is 22.9 Å². The van der Waals surface area contributed by atoms with Gasteiger partial charge in [0, 0.05) is 23.9 Å². The number of aliphatic hydroxyl groups is 1. The molecule has 4 rings (SSSR count). The van der Waals surface area contributed by atoms with Gasteiger partial charge in [-0.15, -0.1) is 11.3 Å². The first-order valence-electron chi connectivity index (χ1n) is 8.27. The summed E-state index contributed by atoms with van der Waals surface area (Å²) in [4.78, 5) is 9.94. The number of hydrogen-bond acceptors (Lipinski definition) is 7. The van der Waals surface area contributed by atoms with Gasteiger partial charge in [-0.1, -0.05) is 6.07 Å². The highest BCUT2D eigenvalue weighted by Gasteiger charge is 2.36. The molecule has 0 aliphatic carbocycles. The second-order valence-corrected chi connectivity index (χ2v) is 7.14. The van der Waals surface area contributed by atoms with E-state index in [4.69, 9.17) is 4.74 Å². The fraction of sp³-hybridized carbons (Fsp3) is 0.438. The smallest absolute Gasteiger partial charge is 0.387 e. The zero-order valence-corrected chi connectivity index (χ0v) is 14.8. The third-order valence-corrected chi connectivity index (χ3v) is 5.39. The van der Waals surface area contributed by atoms with Crippen molar-refractivity contribution in [3.63, 3.8) is 0 Å². The highest BCUT2D eigenvalue weighted by atomic mass is 32.1. The summed E-state index contributed by atoms with van der Waals surface area (Å²) in [6.45, 7) is 1.03. The van der Waals surface area contributed by atoms with E-state index >= 15 is 0 Å². The van der Waals surface area contributed by atoms with Gasteiger partial charge in [-0.2, -0.15) is 27.8 Å². The molecule has 0 aromatic carbocycles. The van der Waals surface area contributed by atoms with E-state index in [2.05, 4.69) is 15.1 Å². The monoisotopic (exact) mass is 399 g/mol. The number of aromatic nitrogens is 4. The van der Waals surface area contributed by atoms with E-state index in [0.29, 0.717) is 26.2 Å². The van der Waals surface area contributed by atoms with E-state index in [9.17, 15) is 18.3 Å². The summed E-state index contributed by atoms with van der Waals surface area (Å²) in [7, 11) is 0. The van der Waals surface area contributed by atoms with E-state index in [-0.39, 0.29) is 17.6 Å². The maximum Gasteiger partial charge on any atom is 0.433 e. The minimum Gasteiger partial charge on any atom is -0.387 e.